The van der Waals surface area contributed by atoms with Gasteiger partial charge in [-0.25, -0.2) is 4.79 Å². The molecule has 264 valence electrons. The topological polar surface area (TPSA) is 235 Å². The number of ether oxygens (including phenoxy) is 2. The number of carbonyl (C=O) groups excluding carboxylic acids is 1. The van der Waals surface area contributed by atoms with Crippen molar-refractivity contribution < 1.29 is 65.0 Å². The van der Waals surface area contributed by atoms with E-state index in [0.717, 1.165) is 32.1 Å². The molecule has 45 heavy (non-hydrogen) atoms. The number of carboxylic acids is 1. The van der Waals surface area contributed by atoms with Gasteiger partial charge in [0.25, 0.3) is 0 Å². The zero-order chi connectivity index (χ0) is 33.9. The average molecular weight is 651 g/mol. The fraction of sp³-hybridized carbons (Fsp3) is 0.938. The second kappa shape index (κ2) is 18.3. The molecule has 0 aromatic rings. The number of aliphatic carboxylic acids is 1. The SMILES string of the molecule is CCCCCCCCCC(=O)C(O)(C(=O)O)C(CCCCCCCO)(C1O[C@@H](C)[C@H](O)[C@@H](O)[C@H]1O)C1O[C@@H](C)[C@H](O)[C@@H](O)[C@H]1O. The third kappa shape index (κ3) is 8.81. The standard InChI is InChI=1S/C32H58O13/c1-4-5-6-7-8-10-13-16-21(34)32(43,30(41)42)31(17-14-11-9-12-15-18-33,28-26(39)24(37)22(35)19(2)44-28)29-27(40)25(38)23(36)20(3)45-29/h19-20,22-29,33,35-40,43H,4-18H2,1-3H3,(H,41,42)/t19-,20-,22-,23-,24+,25+,26+,27+,28?,29?,31?,32?/m0/s1. The Morgan fingerprint density at radius 1 is 0.622 bits per heavy atom. The Balaban J connectivity index is 2.68. The molecule has 9 N–H and O–H groups in total. The molecule has 0 spiro atoms. The fourth-order valence-corrected chi connectivity index (χ4v) is 7.05. The number of ketones is 1. The van der Waals surface area contributed by atoms with Gasteiger partial charge in [-0.1, -0.05) is 71.1 Å². The van der Waals surface area contributed by atoms with Crippen molar-refractivity contribution in [3.8, 4) is 0 Å². The summed E-state index contributed by atoms with van der Waals surface area (Å²) >= 11 is 0. The van der Waals surface area contributed by atoms with Crippen LogP contribution < -0.4 is 0 Å². The van der Waals surface area contributed by atoms with Crippen molar-refractivity contribution in [2.45, 2.75) is 177 Å². The predicted molar refractivity (Wildman–Crippen MR) is 162 cm³/mol. The van der Waals surface area contributed by atoms with Gasteiger partial charge in [0.1, 0.15) is 36.6 Å². The molecule has 0 radical (unpaired) electrons. The number of aliphatic hydroxyl groups excluding tert-OH is 7. The summed E-state index contributed by atoms with van der Waals surface area (Å²) < 4.78 is 11.9. The molecule has 11 atom stereocenters. The molecule has 0 bridgehead atoms. The number of rotatable bonds is 20. The number of carboxylic acid groups (broad SMARTS) is 1. The van der Waals surface area contributed by atoms with E-state index in [0.29, 0.717) is 32.1 Å². The summed E-state index contributed by atoms with van der Waals surface area (Å²) in [6.07, 6.45) is -9.90. The summed E-state index contributed by atoms with van der Waals surface area (Å²) in [4.78, 5) is 27.3. The van der Waals surface area contributed by atoms with Crippen molar-refractivity contribution in [3.63, 3.8) is 0 Å². The largest absolute Gasteiger partial charge is 0.479 e. The fourth-order valence-electron chi connectivity index (χ4n) is 7.05. The van der Waals surface area contributed by atoms with Crippen molar-refractivity contribution in [3.05, 3.63) is 0 Å². The van der Waals surface area contributed by atoms with Crippen molar-refractivity contribution in [1.82, 2.24) is 0 Å². The Hall–Kier alpha value is -1.26. The number of Topliss-reactive ketones (excluding diaryl/α,β-unsaturated/α-hetero) is 1. The maximum Gasteiger partial charge on any atom is 0.344 e. The minimum absolute atomic E-state index is 0.0176. The van der Waals surface area contributed by atoms with Gasteiger partial charge in [-0.05, 0) is 33.1 Å². The van der Waals surface area contributed by atoms with Gasteiger partial charge in [0, 0.05) is 13.0 Å². The third-order valence-corrected chi connectivity index (χ3v) is 9.86. The molecule has 0 aliphatic carbocycles. The Bertz CT molecular complexity index is 868. The van der Waals surface area contributed by atoms with Gasteiger partial charge >= 0.3 is 5.97 Å². The summed E-state index contributed by atoms with van der Waals surface area (Å²) in [5, 5.41) is 97.5. The zero-order valence-electron chi connectivity index (χ0n) is 27.0. The lowest BCUT2D eigenvalue weighted by atomic mass is 9.55. The predicted octanol–water partition coefficient (Wildman–Crippen LogP) is 0.571. The lowest BCUT2D eigenvalue weighted by molar-refractivity contribution is -0.325. The van der Waals surface area contributed by atoms with Gasteiger partial charge in [0.2, 0.25) is 5.60 Å². The van der Waals surface area contributed by atoms with Crippen LogP contribution >= 0.6 is 0 Å². The van der Waals surface area contributed by atoms with E-state index >= 15 is 0 Å². The van der Waals surface area contributed by atoms with Gasteiger partial charge in [0.05, 0.1) is 29.8 Å². The number of hydrogen-bond donors (Lipinski definition) is 9. The highest BCUT2D eigenvalue weighted by Crippen LogP contribution is 2.53. The second-order valence-electron chi connectivity index (χ2n) is 13.1. The number of hydrogen-bond acceptors (Lipinski definition) is 12. The molecule has 3 unspecified atom stereocenters. The van der Waals surface area contributed by atoms with E-state index in [4.69, 9.17) is 14.6 Å². The molecular formula is C32H58O13. The molecule has 0 aromatic carbocycles. The summed E-state index contributed by atoms with van der Waals surface area (Å²) in [6.45, 7) is 4.81. The number of unbranched alkanes of at least 4 members (excludes halogenated alkanes) is 10. The number of carbonyl (C=O) groups is 2. The summed E-state index contributed by atoms with van der Waals surface area (Å²) in [7, 11) is 0. The lowest BCUT2D eigenvalue weighted by Crippen LogP contribution is -2.78. The molecule has 2 saturated heterocycles. The monoisotopic (exact) mass is 650 g/mol. The van der Waals surface area contributed by atoms with Crippen molar-refractivity contribution in [2.75, 3.05) is 6.61 Å². The molecule has 0 aromatic heterocycles. The molecule has 2 aliphatic heterocycles. The van der Waals surface area contributed by atoms with E-state index < -0.39 is 83.8 Å². The smallest absolute Gasteiger partial charge is 0.344 e. The van der Waals surface area contributed by atoms with Gasteiger partial charge < -0.3 is 55.4 Å². The lowest BCUT2D eigenvalue weighted by Gasteiger charge is -2.59. The molecule has 13 nitrogen and oxygen atoms in total. The molecule has 2 rings (SSSR count). The van der Waals surface area contributed by atoms with Crippen molar-refractivity contribution in [1.29, 1.82) is 0 Å². The first kappa shape index (κ1) is 39.9. The van der Waals surface area contributed by atoms with Crippen LogP contribution in [0.2, 0.25) is 0 Å². The van der Waals surface area contributed by atoms with E-state index in [1.54, 1.807) is 0 Å². The van der Waals surface area contributed by atoms with Gasteiger partial charge in [-0.2, -0.15) is 0 Å². The summed E-state index contributed by atoms with van der Waals surface area (Å²) in [6, 6.07) is 0. The van der Waals surface area contributed by atoms with Gasteiger partial charge in [-0.3, -0.25) is 4.79 Å². The second-order valence-corrected chi connectivity index (χ2v) is 13.1. The van der Waals surface area contributed by atoms with Crippen molar-refractivity contribution in [2.24, 2.45) is 5.41 Å². The molecular weight excluding hydrogens is 592 g/mol. The first-order chi connectivity index (χ1) is 21.2. The first-order valence-corrected chi connectivity index (χ1v) is 16.7. The number of aliphatic hydroxyl groups is 8. The first-order valence-electron chi connectivity index (χ1n) is 16.7. The highest BCUT2D eigenvalue weighted by Gasteiger charge is 2.72. The van der Waals surface area contributed by atoms with Gasteiger partial charge in [0.15, 0.2) is 5.78 Å². The van der Waals surface area contributed by atoms with Gasteiger partial charge in [-0.15, -0.1) is 0 Å². The van der Waals surface area contributed by atoms with E-state index in [9.17, 15) is 50.4 Å². The maximum absolute atomic E-state index is 14.1. The van der Waals surface area contributed by atoms with Crippen LogP contribution in [0.1, 0.15) is 111 Å². The van der Waals surface area contributed by atoms with Crippen LogP contribution in [0.15, 0.2) is 0 Å². The maximum atomic E-state index is 14.1. The van der Waals surface area contributed by atoms with Crippen LogP contribution in [-0.2, 0) is 19.1 Å². The molecule has 2 heterocycles. The van der Waals surface area contributed by atoms with Crippen LogP contribution in [0.5, 0.6) is 0 Å². The Morgan fingerprint density at radius 3 is 1.49 bits per heavy atom. The summed E-state index contributed by atoms with van der Waals surface area (Å²) in [5.41, 5.74) is -5.88. The molecule has 2 aliphatic rings. The third-order valence-electron chi connectivity index (χ3n) is 9.86. The van der Waals surface area contributed by atoms with E-state index in [2.05, 4.69) is 6.92 Å². The molecule has 13 heteroatoms. The zero-order valence-corrected chi connectivity index (χ0v) is 27.0. The van der Waals surface area contributed by atoms with Crippen LogP contribution in [0.4, 0.5) is 0 Å². The van der Waals surface area contributed by atoms with E-state index in [1.165, 1.54) is 13.8 Å². The summed E-state index contributed by atoms with van der Waals surface area (Å²) in [5.74, 6) is -3.10. The highest BCUT2D eigenvalue weighted by atomic mass is 16.6. The average Bonchev–Trinajstić information content (AvgIpc) is 3.01. The van der Waals surface area contributed by atoms with Crippen LogP contribution in [-0.4, -0.2) is 131 Å². The quantitative estimate of drug-likeness (QED) is 0.0648. The van der Waals surface area contributed by atoms with Crippen molar-refractivity contribution >= 4 is 11.8 Å². The van der Waals surface area contributed by atoms with Crippen LogP contribution in [0.25, 0.3) is 0 Å². The minimum atomic E-state index is -3.36. The molecule has 2 fully saturated rings. The normalized spacial score (nSPS) is 35.0. The Kier molecular flexibility index (Phi) is 16.3. The molecule has 0 amide bonds. The Morgan fingerprint density at radius 2 is 1.04 bits per heavy atom. The van der Waals surface area contributed by atoms with E-state index in [1.807, 2.05) is 0 Å². The van der Waals surface area contributed by atoms with E-state index in [-0.39, 0.29) is 32.3 Å². The molecule has 0 saturated carbocycles. The van der Waals surface area contributed by atoms with Crippen LogP contribution in [0.3, 0.4) is 0 Å². The Labute approximate surface area is 266 Å². The van der Waals surface area contributed by atoms with Crippen LogP contribution in [0, 0.1) is 5.41 Å². The minimum Gasteiger partial charge on any atom is -0.479 e. The highest BCUT2D eigenvalue weighted by molar-refractivity contribution is 6.07.